The van der Waals surface area contributed by atoms with Crippen molar-refractivity contribution in [2.45, 2.75) is 92.4 Å². The summed E-state index contributed by atoms with van der Waals surface area (Å²) in [7, 11) is 0. The van der Waals surface area contributed by atoms with Crippen LogP contribution in [-0.4, -0.2) is 19.3 Å². The zero-order chi connectivity index (χ0) is 38.4. The van der Waals surface area contributed by atoms with E-state index >= 15 is 0 Å². The number of aromatic nitrogens is 4. The van der Waals surface area contributed by atoms with E-state index in [0.29, 0.717) is 23.3 Å². The molecule has 7 aromatic rings. The molecule has 3 aromatic heterocycles. The minimum atomic E-state index is -0.151. The molecular formula is C50H52N4OPt. The monoisotopic (exact) mass is 919 g/mol. The van der Waals surface area contributed by atoms with E-state index in [1.54, 1.807) is 0 Å². The Balaban J connectivity index is 0.00000480. The zero-order valence-electron chi connectivity index (χ0n) is 33.9. The van der Waals surface area contributed by atoms with Crippen molar-refractivity contribution >= 4 is 21.8 Å². The van der Waals surface area contributed by atoms with Gasteiger partial charge in [-0.25, -0.2) is 4.98 Å². The summed E-state index contributed by atoms with van der Waals surface area (Å²) in [5.41, 5.74) is 11.2. The third-order valence-electron chi connectivity index (χ3n) is 11.4. The molecule has 0 saturated carbocycles. The van der Waals surface area contributed by atoms with E-state index in [0.717, 1.165) is 81.5 Å². The molecule has 3 heterocycles. The van der Waals surface area contributed by atoms with Crippen molar-refractivity contribution < 1.29 is 25.8 Å². The van der Waals surface area contributed by atoms with Gasteiger partial charge in [0.05, 0.1) is 11.4 Å². The quantitative estimate of drug-likeness (QED) is 0.107. The summed E-state index contributed by atoms with van der Waals surface area (Å²) < 4.78 is 11.1. The number of aryl methyl sites for hydroxylation is 2. The topological polar surface area (TPSA) is 44.9 Å². The van der Waals surface area contributed by atoms with Gasteiger partial charge >= 0.3 is 21.1 Å². The van der Waals surface area contributed by atoms with E-state index < -0.39 is 0 Å². The van der Waals surface area contributed by atoms with Crippen molar-refractivity contribution in [3.63, 3.8) is 0 Å². The number of allylic oxidation sites excluding steroid dienone is 2. The molecule has 0 bridgehead atoms. The zero-order valence-corrected chi connectivity index (χ0v) is 36.2. The van der Waals surface area contributed by atoms with Gasteiger partial charge in [-0.15, -0.1) is 41.3 Å². The van der Waals surface area contributed by atoms with E-state index in [-0.39, 0.29) is 32.4 Å². The van der Waals surface area contributed by atoms with Crippen LogP contribution in [0.2, 0.25) is 0 Å². The Morgan fingerprint density at radius 3 is 2.38 bits per heavy atom. The molecule has 3 atom stereocenters. The molecule has 0 spiro atoms. The molecule has 56 heavy (non-hydrogen) atoms. The van der Waals surface area contributed by atoms with Crippen LogP contribution in [0.3, 0.4) is 0 Å². The van der Waals surface area contributed by atoms with Crippen molar-refractivity contribution in [3.05, 3.63) is 143 Å². The summed E-state index contributed by atoms with van der Waals surface area (Å²) in [6.07, 6.45) is 8.87. The van der Waals surface area contributed by atoms with Gasteiger partial charge in [0, 0.05) is 40.3 Å². The summed E-state index contributed by atoms with van der Waals surface area (Å²) in [5.74, 6) is 3.50. The van der Waals surface area contributed by atoms with Crippen LogP contribution >= 0.6 is 0 Å². The normalized spacial score (nSPS) is 17.2. The second-order valence-corrected chi connectivity index (χ2v) is 16.7. The Kier molecular flexibility index (Phi) is 11.3. The first-order valence-corrected chi connectivity index (χ1v) is 20.0. The van der Waals surface area contributed by atoms with Crippen molar-refractivity contribution in [2.24, 2.45) is 11.8 Å². The first-order valence-electron chi connectivity index (χ1n) is 20.0. The molecule has 4 aromatic carbocycles. The number of hydrogen-bond acceptors (Lipinski definition) is 3. The number of unbranched alkanes of at least 4 members (excludes halogenated alkanes) is 1. The van der Waals surface area contributed by atoms with Crippen molar-refractivity contribution in [1.29, 1.82) is 0 Å². The van der Waals surface area contributed by atoms with Gasteiger partial charge in [0.25, 0.3) is 0 Å². The first-order chi connectivity index (χ1) is 26.5. The van der Waals surface area contributed by atoms with Crippen molar-refractivity contribution in [3.8, 4) is 34.3 Å². The molecular weight excluding hydrogens is 868 g/mol. The van der Waals surface area contributed by atoms with Crippen LogP contribution < -0.4 is 4.74 Å². The fraction of sp³-hybridized carbons (Fsp3) is 0.320. The number of para-hydroxylation sites is 1. The molecule has 8 rings (SSSR count). The molecule has 0 fully saturated rings. The van der Waals surface area contributed by atoms with Crippen LogP contribution in [0, 0.1) is 30.9 Å². The maximum absolute atomic E-state index is 6.80. The van der Waals surface area contributed by atoms with E-state index in [2.05, 4.69) is 168 Å². The van der Waals surface area contributed by atoms with E-state index in [1.807, 2.05) is 12.3 Å². The summed E-state index contributed by atoms with van der Waals surface area (Å²) >= 11 is 0. The maximum Gasteiger partial charge on any atom is 2.00 e. The predicted octanol–water partition coefficient (Wildman–Crippen LogP) is 13.1. The van der Waals surface area contributed by atoms with E-state index in [9.17, 15) is 0 Å². The first kappa shape index (κ1) is 39.5. The average Bonchev–Trinajstić information content (AvgIpc) is 3.68. The molecule has 0 saturated heterocycles. The molecule has 0 N–H and O–H groups in total. The van der Waals surface area contributed by atoms with Crippen LogP contribution in [0.25, 0.3) is 44.6 Å². The van der Waals surface area contributed by atoms with Gasteiger partial charge < -0.3 is 9.30 Å². The smallest absolute Gasteiger partial charge is 0.509 e. The van der Waals surface area contributed by atoms with Crippen LogP contribution in [0.1, 0.15) is 96.0 Å². The number of nitrogens with zero attached hydrogens (tertiary/aromatic N) is 4. The van der Waals surface area contributed by atoms with E-state index in [4.69, 9.17) is 14.8 Å². The second-order valence-electron chi connectivity index (χ2n) is 16.7. The number of pyridine rings is 1. The molecule has 0 amide bonds. The number of rotatable bonds is 9. The Labute approximate surface area is 347 Å². The fourth-order valence-corrected chi connectivity index (χ4v) is 8.80. The van der Waals surface area contributed by atoms with Gasteiger partial charge in [-0.05, 0) is 85.2 Å². The van der Waals surface area contributed by atoms with Gasteiger partial charge in [0.15, 0.2) is 0 Å². The van der Waals surface area contributed by atoms with Gasteiger partial charge in [-0.2, -0.15) is 11.2 Å². The van der Waals surface area contributed by atoms with Gasteiger partial charge in [0.1, 0.15) is 5.82 Å². The molecule has 1 aliphatic rings. The van der Waals surface area contributed by atoms with Crippen LogP contribution in [0.5, 0.6) is 11.5 Å². The van der Waals surface area contributed by atoms with Gasteiger partial charge in [-0.1, -0.05) is 114 Å². The number of fused-ring (bicyclic) bond motifs is 3. The van der Waals surface area contributed by atoms with Crippen molar-refractivity contribution in [1.82, 2.24) is 19.3 Å². The Morgan fingerprint density at radius 1 is 0.857 bits per heavy atom. The number of benzene rings is 4. The molecule has 1 aliphatic carbocycles. The molecule has 5 nitrogen and oxygen atoms in total. The second kappa shape index (κ2) is 16.0. The standard InChI is InChI=1S/C50H52N4O.Pt/c1-9-10-16-36-23-24-51-46(27-36)53-44-20-15-14-19-42(44)43-22-21-40(31-45(43)53)55-41-29-38(50(6,7)8)28-39(30-41)54-49(37-17-12-11-13-18-37)48(35(5)52-54)47-33(3)25-32(2)26-34(47)4;/h11-15,17-25,27-29,32,34,47H,9-10,16,26H2,1-8H3;/q-2;+2/t32-,34-,47?;/m0./s1. The number of ether oxygens (including phenoxy) is 1. The minimum absolute atomic E-state index is 0. The van der Waals surface area contributed by atoms with E-state index in [1.165, 1.54) is 16.7 Å². The Morgan fingerprint density at radius 2 is 1.62 bits per heavy atom. The van der Waals surface area contributed by atoms with Crippen molar-refractivity contribution in [2.75, 3.05) is 0 Å². The Bertz CT molecular complexity index is 2540. The molecule has 0 aliphatic heterocycles. The minimum Gasteiger partial charge on any atom is -0.509 e. The maximum atomic E-state index is 6.80. The summed E-state index contributed by atoms with van der Waals surface area (Å²) in [6.45, 7) is 18.1. The third kappa shape index (κ3) is 7.55. The fourth-order valence-electron chi connectivity index (χ4n) is 8.80. The number of hydrogen-bond donors (Lipinski definition) is 0. The van der Waals surface area contributed by atoms with Gasteiger partial charge in [-0.3, -0.25) is 4.68 Å². The molecule has 288 valence electrons. The average molecular weight is 920 g/mol. The summed E-state index contributed by atoms with van der Waals surface area (Å²) in [6, 6.07) is 39.4. The molecule has 1 unspecified atom stereocenters. The SMILES string of the molecule is CCCCc1ccnc(-n2c3[c-]c(Oc4[c-]c(-n5nc(C)c(C6C(C)=C[C@H](C)C[C@@H]6C)c5-c5ccccc5)cc(C(C)(C)C)c4)ccc3c3ccccc32)c1.[Pt+2]. The third-order valence-corrected chi connectivity index (χ3v) is 11.4. The largest absolute Gasteiger partial charge is 2.00 e. The molecule has 0 radical (unpaired) electrons. The van der Waals surface area contributed by atoms with Crippen LogP contribution in [0.4, 0.5) is 0 Å². The van der Waals surface area contributed by atoms with Crippen LogP contribution in [0.15, 0.2) is 109 Å². The molecule has 6 heteroatoms. The Hall–Kier alpha value is -4.73. The summed E-state index contributed by atoms with van der Waals surface area (Å²) in [5, 5.41) is 7.58. The summed E-state index contributed by atoms with van der Waals surface area (Å²) in [4.78, 5) is 4.86. The predicted molar refractivity (Wildman–Crippen MR) is 227 cm³/mol. The van der Waals surface area contributed by atoms with Crippen LogP contribution in [-0.2, 0) is 32.9 Å². The van der Waals surface area contributed by atoms with Gasteiger partial charge in [0.2, 0.25) is 0 Å².